The van der Waals surface area contributed by atoms with Gasteiger partial charge in [-0.25, -0.2) is 4.98 Å². The Morgan fingerprint density at radius 1 is 1.18 bits per heavy atom. The second-order valence-corrected chi connectivity index (χ2v) is 7.14. The SMILES string of the molecule is COc1cc(/C=C(/C#N)C(=O)NCCCc2ccccc2)ccc1Oc1ccc([N+](=O)[O-])cn1. The van der Waals surface area contributed by atoms with E-state index < -0.39 is 10.8 Å². The van der Waals surface area contributed by atoms with E-state index in [0.717, 1.165) is 19.0 Å². The van der Waals surface area contributed by atoms with Crippen LogP contribution in [0.15, 0.2) is 72.4 Å². The van der Waals surface area contributed by atoms with E-state index in [9.17, 15) is 20.2 Å². The van der Waals surface area contributed by atoms with Crippen molar-refractivity contribution in [3.63, 3.8) is 0 Å². The lowest BCUT2D eigenvalue weighted by Gasteiger charge is -2.10. The van der Waals surface area contributed by atoms with Gasteiger partial charge in [-0.3, -0.25) is 14.9 Å². The topological polar surface area (TPSA) is 127 Å². The van der Waals surface area contributed by atoms with Crippen molar-refractivity contribution in [2.24, 2.45) is 0 Å². The summed E-state index contributed by atoms with van der Waals surface area (Å²) in [7, 11) is 1.45. The molecule has 0 saturated carbocycles. The minimum atomic E-state index is -0.551. The minimum Gasteiger partial charge on any atom is -0.493 e. The number of amides is 1. The highest BCUT2D eigenvalue weighted by Gasteiger charge is 2.12. The number of nitriles is 1. The molecule has 1 N–H and O–H groups in total. The molecule has 34 heavy (non-hydrogen) atoms. The van der Waals surface area contributed by atoms with Gasteiger partial charge in [-0.1, -0.05) is 36.4 Å². The minimum absolute atomic E-state index is 0.0348. The molecule has 1 aromatic heterocycles. The number of hydrogen-bond donors (Lipinski definition) is 1. The number of aromatic nitrogens is 1. The molecule has 0 radical (unpaired) electrons. The van der Waals surface area contributed by atoms with Crippen LogP contribution in [0.2, 0.25) is 0 Å². The number of methoxy groups -OCH3 is 1. The molecule has 2 aromatic carbocycles. The lowest BCUT2D eigenvalue weighted by molar-refractivity contribution is -0.385. The summed E-state index contributed by atoms with van der Waals surface area (Å²) in [6.07, 6.45) is 4.14. The molecule has 1 heterocycles. The Balaban J connectivity index is 1.64. The highest BCUT2D eigenvalue weighted by Crippen LogP contribution is 2.32. The fourth-order valence-corrected chi connectivity index (χ4v) is 3.06. The lowest BCUT2D eigenvalue weighted by atomic mass is 10.1. The largest absolute Gasteiger partial charge is 0.493 e. The van der Waals surface area contributed by atoms with Gasteiger partial charge in [0.25, 0.3) is 11.6 Å². The van der Waals surface area contributed by atoms with Gasteiger partial charge in [-0.05, 0) is 42.2 Å². The number of benzene rings is 2. The monoisotopic (exact) mass is 458 g/mol. The summed E-state index contributed by atoms with van der Waals surface area (Å²) in [5, 5.41) is 23.0. The lowest BCUT2D eigenvalue weighted by Crippen LogP contribution is -2.25. The van der Waals surface area contributed by atoms with E-state index in [1.54, 1.807) is 18.2 Å². The van der Waals surface area contributed by atoms with Crippen molar-refractivity contribution < 1.29 is 19.2 Å². The first-order valence-electron chi connectivity index (χ1n) is 10.4. The molecule has 1 amide bonds. The molecule has 3 rings (SSSR count). The van der Waals surface area contributed by atoms with Gasteiger partial charge in [-0.2, -0.15) is 5.26 Å². The summed E-state index contributed by atoms with van der Waals surface area (Å²) >= 11 is 0. The van der Waals surface area contributed by atoms with Gasteiger partial charge in [0.05, 0.1) is 12.0 Å². The highest BCUT2D eigenvalue weighted by molar-refractivity contribution is 6.01. The van der Waals surface area contributed by atoms with Crippen LogP contribution < -0.4 is 14.8 Å². The van der Waals surface area contributed by atoms with E-state index in [1.807, 2.05) is 36.4 Å². The summed E-state index contributed by atoms with van der Waals surface area (Å²) in [6.45, 7) is 0.449. The third-order valence-electron chi connectivity index (χ3n) is 4.78. The molecule has 172 valence electrons. The highest BCUT2D eigenvalue weighted by atomic mass is 16.6. The average molecular weight is 458 g/mol. The first-order valence-corrected chi connectivity index (χ1v) is 10.4. The molecule has 0 aliphatic carbocycles. The second-order valence-electron chi connectivity index (χ2n) is 7.14. The number of aryl methyl sites for hydroxylation is 1. The first kappa shape index (κ1) is 23.9. The zero-order valence-electron chi connectivity index (χ0n) is 18.4. The Morgan fingerprint density at radius 3 is 2.62 bits per heavy atom. The third kappa shape index (κ3) is 6.64. The maximum Gasteiger partial charge on any atom is 0.287 e. The Bertz CT molecular complexity index is 1220. The maximum absolute atomic E-state index is 12.4. The van der Waals surface area contributed by atoms with Crippen LogP contribution in [0.3, 0.4) is 0 Å². The molecule has 0 saturated heterocycles. The number of nitrogens with one attached hydrogen (secondary N) is 1. The van der Waals surface area contributed by atoms with Crippen LogP contribution in [0.4, 0.5) is 5.69 Å². The molecular formula is C25H22N4O5. The Kier molecular flexibility index (Phi) is 8.30. The van der Waals surface area contributed by atoms with Gasteiger partial charge < -0.3 is 14.8 Å². The van der Waals surface area contributed by atoms with E-state index in [4.69, 9.17) is 9.47 Å². The fraction of sp³-hybridized carbons (Fsp3) is 0.160. The number of rotatable bonds is 10. The molecule has 0 atom stereocenters. The van der Waals surface area contributed by atoms with E-state index in [-0.39, 0.29) is 17.1 Å². The van der Waals surface area contributed by atoms with E-state index in [1.165, 1.54) is 30.9 Å². The van der Waals surface area contributed by atoms with Crippen LogP contribution in [0.5, 0.6) is 17.4 Å². The summed E-state index contributed by atoms with van der Waals surface area (Å²) in [5.74, 6) is 0.365. The summed E-state index contributed by atoms with van der Waals surface area (Å²) in [4.78, 5) is 26.5. The number of ether oxygens (including phenoxy) is 2. The quantitative estimate of drug-likeness (QED) is 0.156. The molecule has 0 unspecified atom stereocenters. The summed E-state index contributed by atoms with van der Waals surface area (Å²) < 4.78 is 11.0. The van der Waals surface area contributed by atoms with Crippen LogP contribution in [-0.4, -0.2) is 29.5 Å². The smallest absolute Gasteiger partial charge is 0.287 e. The van der Waals surface area contributed by atoms with Crippen molar-refractivity contribution in [1.29, 1.82) is 5.26 Å². The number of carbonyl (C=O) groups excluding carboxylic acids is 1. The molecule has 9 nitrogen and oxygen atoms in total. The van der Waals surface area contributed by atoms with Crippen LogP contribution in [-0.2, 0) is 11.2 Å². The van der Waals surface area contributed by atoms with Crippen LogP contribution >= 0.6 is 0 Å². The molecule has 0 fully saturated rings. The van der Waals surface area contributed by atoms with Crippen molar-refractivity contribution in [2.75, 3.05) is 13.7 Å². The molecular weight excluding hydrogens is 436 g/mol. The average Bonchev–Trinajstić information content (AvgIpc) is 2.86. The van der Waals surface area contributed by atoms with Crippen LogP contribution in [0, 0.1) is 21.4 Å². The number of nitrogens with zero attached hydrogens (tertiary/aromatic N) is 3. The number of nitro groups is 1. The predicted octanol–water partition coefficient (Wildman–Crippen LogP) is 4.45. The molecule has 0 bridgehead atoms. The van der Waals surface area contributed by atoms with Crippen molar-refractivity contribution in [3.8, 4) is 23.4 Å². The van der Waals surface area contributed by atoms with Crippen LogP contribution in [0.25, 0.3) is 6.08 Å². The standard InChI is InChI=1S/C25H22N4O5/c1-33-23-15-19(9-11-22(23)34-24-12-10-21(17-28-24)29(31)32)14-20(16-26)25(30)27-13-5-8-18-6-3-2-4-7-18/h2-4,6-7,9-12,14-15,17H,5,8,13H2,1H3,(H,27,30)/b20-14-. The Morgan fingerprint density at radius 2 is 1.97 bits per heavy atom. The van der Waals surface area contributed by atoms with Gasteiger partial charge in [0, 0.05) is 18.7 Å². The molecule has 9 heteroatoms. The van der Waals surface area contributed by atoms with Crippen molar-refractivity contribution in [1.82, 2.24) is 10.3 Å². The van der Waals surface area contributed by atoms with E-state index in [0.29, 0.717) is 23.6 Å². The van der Waals surface area contributed by atoms with E-state index in [2.05, 4.69) is 10.3 Å². The van der Waals surface area contributed by atoms with Gasteiger partial charge in [0.15, 0.2) is 11.5 Å². The Hall–Kier alpha value is -4.71. The Labute approximate surface area is 196 Å². The molecule has 0 aliphatic heterocycles. The van der Waals surface area contributed by atoms with Crippen molar-refractivity contribution >= 4 is 17.7 Å². The normalized spacial score (nSPS) is 10.8. The predicted molar refractivity (Wildman–Crippen MR) is 125 cm³/mol. The molecule has 0 aliphatic rings. The number of hydrogen-bond acceptors (Lipinski definition) is 7. The van der Waals surface area contributed by atoms with Crippen molar-refractivity contribution in [2.45, 2.75) is 12.8 Å². The second kappa shape index (κ2) is 11.8. The van der Waals surface area contributed by atoms with Gasteiger partial charge in [-0.15, -0.1) is 0 Å². The zero-order valence-corrected chi connectivity index (χ0v) is 18.4. The van der Waals surface area contributed by atoms with Gasteiger partial charge >= 0.3 is 0 Å². The number of pyridine rings is 1. The zero-order chi connectivity index (χ0) is 24.3. The van der Waals surface area contributed by atoms with Crippen molar-refractivity contribution in [3.05, 3.63) is 93.7 Å². The maximum atomic E-state index is 12.4. The number of carbonyl (C=O) groups is 1. The molecule has 3 aromatic rings. The molecule has 0 spiro atoms. The summed E-state index contributed by atoms with van der Waals surface area (Å²) in [5.41, 5.74) is 1.57. The van der Waals surface area contributed by atoms with E-state index >= 15 is 0 Å². The van der Waals surface area contributed by atoms with Crippen LogP contribution in [0.1, 0.15) is 17.5 Å². The third-order valence-corrected chi connectivity index (χ3v) is 4.78. The van der Waals surface area contributed by atoms with Gasteiger partial charge in [0.2, 0.25) is 5.88 Å². The van der Waals surface area contributed by atoms with Gasteiger partial charge in [0.1, 0.15) is 17.8 Å². The fourth-order valence-electron chi connectivity index (χ4n) is 3.06. The summed E-state index contributed by atoms with van der Waals surface area (Å²) in [6, 6.07) is 19.4. The first-order chi connectivity index (χ1) is 16.5.